The Morgan fingerprint density at radius 2 is 1.93 bits per heavy atom. The molecule has 1 aromatic heterocycles. The van der Waals surface area contributed by atoms with E-state index in [1.165, 1.54) is 7.11 Å². The topological polar surface area (TPSA) is 65.4 Å². The normalized spacial score (nSPS) is 11.1. The van der Waals surface area contributed by atoms with E-state index in [4.69, 9.17) is 4.74 Å². The summed E-state index contributed by atoms with van der Waals surface area (Å²) in [5, 5.41) is 2.53. The van der Waals surface area contributed by atoms with E-state index < -0.39 is 29.9 Å². The summed E-state index contributed by atoms with van der Waals surface area (Å²) in [6, 6.07) is 4.69. The molecule has 6 nitrogen and oxygen atoms in total. The number of nitrogens with one attached hydrogen (secondary N) is 1. The van der Waals surface area contributed by atoms with Crippen LogP contribution in [-0.4, -0.2) is 29.2 Å². The second-order valence-electron chi connectivity index (χ2n) is 5.80. The Morgan fingerprint density at radius 1 is 1.25 bits per heavy atom. The average molecular weight is 397 g/mol. The van der Waals surface area contributed by atoms with Crippen molar-refractivity contribution in [2.24, 2.45) is 7.05 Å². The van der Waals surface area contributed by atoms with Gasteiger partial charge in [-0.25, -0.2) is 13.8 Å². The molecule has 0 spiro atoms. The van der Waals surface area contributed by atoms with Crippen LogP contribution in [0.25, 0.3) is 11.0 Å². The lowest BCUT2D eigenvalue weighted by atomic mass is 10.1. The predicted molar refractivity (Wildman–Crippen MR) is 91.4 cm³/mol. The lowest BCUT2D eigenvalue weighted by Gasteiger charge is -2.13. The van der Waals surface area contributed by atoms with Crippen LogP contribution in [0.1, 0.15) is 15.9 Å². The van der Waals surface area contributed by atoms with Crippen LogP contribution in [0.3, 0.4) is 0 Å². The first-order chi connectivity index (χ1) is 13.3. The molecule has 1 heterocycles. The van der Waals surface area contributed by atoms with Crippen LogP contribution in [0.2, 0.25) is 0 Å². The number of methoxy groups -OCH3 is 1. The van der Waals surface area contributed by atoms with Gasteiger partial charge in [-0.15, -0.1) is 0 Å². The van der Waals surface area contributed by atoms with Crippen LogP contribution in [0.4, 0.5) is 17.6 Å². The van der Waals surface area contributed by atoms with Gasteiger partial charge < -0.3 is 19.4 Å². The third kappa shape index (κ3) is 3.71. The first kappa shape index (κ1) is 19.5. The predicted octanol–water partition coefficient (Wildman–Crippen LogP) is 3.39. The zero-order valence-electron chi connectivity index (χ0n) is 14.8. The second kappa shape index (κ2) is 7.75. The molecule has 0 saturated carbocycles. The molecule has 0 radical (unpaired) electrons. The number of nitrogens with zero attached hydrogens (tertiary/aromatic N) is 2. The number of amides is 1. The molecule has 0 aliphatic carbocycles. The lowest BCUT2D eigenvalue weighted by molar-refractivity contribution is -0.0546. The number of fused-ring (bicyclic) bond motifs is 1. The van der Waals surface area contributed by atoms with E-state index >= 15 is 0 Å². The second-order valence-corrected chi connectivity index (χ2v) is 5.80. The van der Waals surface area contributed by atoms with Crippen molar-refractivity contribution in [3.05, 3.63) is 53.4 Å². The minimum absolute atomic E-state index is 0.0165. The number of halogens is 4. The van der Waals surface area contributed by atoms with Crippen molar-refractivity contribution in [3.8, 4) is 11.5 Å². The van der Waals surface area contributed by atoms with Crippen molar-refractivity contribution < 1.29 is 31.8 Å². The van der Waals surface area contributed by atoms with Crippen LogP contribution in [0.15, 0.2) is 30.6 Å². The molecular formula is C18H15F4N3O3. The highest BCUT2D eigenvalue weighted by molar-refractivity contribution is 5.94. The van der Waals surface area contributed by atoms with E-state index in [1.54, 1.807) is 30.1 Å². The van der Waals surface area contributed by atoms with Crippen LogP contribution < -0.4 is 14.8 Å². The number of benzene rings is 2. The minimum Gasteiger partial charge on any atom is -0.496 e. The maximum absolute atomic E-state index is 13.8. The summed E-state index contributed by atoms with van der Waals surface area (Å²) in [7, 11) is 3.24. The molecule has 2 aromatic carbocycles. The number of ether oxygens (including phenoxy) is 2. The third-order valence-corrected chi connectivity index (χ3v) is 4.05. The van der Waals surface area contributed by atoms with Gasteiger partial charge >= 0.3 is 6.61 Å². The number of carbonyl (C=O) groups is 1. The molecule has 3 rings (SSSR count). The number of aromatic nitrogens is 2. The highest BCUT2D eigenvalue weighted by Gasteiger charge is 2.20. The molecule has 10 heteroatoms. The van der Waals surface area contributed by atoms with Crippen molar-refractivity contribution in [1.82, 2.24) is 14.9 Å². The molecule has 0 atom stereocenters. The van der Waals surface area contributed by atoms with Gasteiger partial charge in [-0.2, -0.15) is 8.78 Å². The number of rotatable bonds is 6. The van der Waals surface area contributed by atoms with Gasteiger partial charge in [-0.1, -0.05) is 0 Å². The zero-order valence-corrected chi connectivity index (χ0v) is 14.8. The smallest absolute Gasteiger partial charge is 0.387 e. The van der Waals surface area contributed by atoms with Gasteiger partial charge in [0.05, 0.1) is 24.5 Å². The third-order valence-electron chi connectivity index (χ3n) is 4.05. The summed E-state index contributed by atoms with van der Waals surface area (Å²) in [5.74, 6) is -4.36. The molecule has 0 fully saturated rings. The van der Waals surface area contributed by atoms with Crippen LogP contribution in [0.5, 0.6) is 11.5 Å². The van der Waals surface area contributed by atoms with Gasteiger partial charge in [0.2, 0.25) is 0 Å². The molecule has 28 heavy (non-hydrogen) atoms. The number of carbonyl (C=O) groups excluding carboxylic acids is 1. The zero-order chi connectivity index (χ0) is 20.4. The largest absolute Gasteiger partial charge is 0.496 e. The van der Waals surface area contributed by atoms with Crippen molar-refractivity contribution in [1.29, 1.82) is 0 Å². The van der Waals surface area contributed by atoms with Crippen LogP contribution in [-0.2, 0) is 13.6 Å². The fourth-order valence-corrected chi connectivity index (χ4v) is 2.84. The van der Waals surface area contributed by atoms with Crippen LogP contribution in [0, 0.1) is 11.6 Å². The lowest BCUT2D eigenvalue weighted by Crippen LogP contribution is -2.24. The van der Waals surface area contributed by atoms with Gasteiger partial charge in [0.25, 0.3) is 5.91 Å². The molecule has 148 valence electrons. The molecule has 0 saturated heterocycles. The van der Waals surface area contributed by atoms with E-state index in [0.717, 1.165) is 5.52 Å². The fraction of sp³-hybridized carbons (Fsp3) is 0.222. The van der Waals surface area contributed by atoms with Gasteiger partial charge in [-0.05, 0) is 24.3 Å². The first-order valence-corrected chi connectivity index (χ1v) is 8.00. The summed E-state index contributed by atoms with van der Waals surface area (Å²) in [4.78, 5) is 16.5. The van der Waals surface area contributed by atoms with Crippen molar-refractivity contribution >= 4 is 16.9 Å². The van der Waals surface area contributed by atoms with E-state index in [-0.39, 0.29) is 12.1 Å². The van der Waals surface area contributed by atoms with E-state index in [9.17, 15) is 22.4 Å². The van der Waals surface area contributed by atoms with Crippen molar-refractivity contribution in [3.63, 3.8) is 0 Å². The molecule has 0 bridgehead atoms. The monoisotopic (exact) mass is 397 g/mol. The van der Waals surface area contributed by atoms with Crippen LogP contribution >= 0.6 is 0 Å². The number of aryl methyl sites for hydroxylation is 1. The van der Waals surface area contributed by atoms with Gasteiger partial charge in [0, 0.05) is 24.7 Å². The summed E-state index contributed by atoms with van der Waals surface area (Å²) < 4.78 is 62.9. The Bertz CT molecular complexity index is 1010. The summed E-state index contributed by atoms with van der Waals surface area (Å²) >= 11 is 0. The SMILES string of the molecule is COc1ccc2ncn(C)c2c1CNC(=O)c1cc(F)c(OC(F)F)c(F)c1. The van der Waals surface area contributed by atoms with Gasteiger partial charge in [0.1, 0.15) is 5.75 Å². The number of alkyl halides is 2. The molecular weight excluding hydrogens is 382 g/mol. The quantitative estimate of drug-likeness (QED) is 0.648. The standard InChI is InChI=1S/C18H15F4N3O3/c1-25-8-24-13-3-4-14(27-2)10(15(13)25)7-23-17(26)9-5-11(19)16(12(20)6-9)28-18(21)22/h3-6,8,18H,7H2,1-2H3,(H,23,26). The Morgan fingerprint density at radius 3 is 2.54 bits per heavy atom. The first-order valence-electron chi connectivity index (χ1n) is 8.00. The Balaban J connectivity index is 1.85. The molecule has 0 unspecified atom stereocenters. The molecule has 1 N–H and O–H groups in total. The summed E-state index contributed by atoms with van der Waals surface area (Å²) in [6.07, 6.45) is 1.60. The number of hydrogen-bond donors (Lipinski definition) is 1. The van der Waals surface area contributed by atoms with Gasteiger partial charge in [0.15, 0.2) is 17.4 Å². The van der Waals surface area contributed by atoms with Gasteiger partial charge in [-0.3, -0.25) is 4.79 Å². The molecule has 0 aliphatic rings. The Hall–Kier alpha value is -3.30. The van der Waals surface area contributed by atoms with Crippen molar-refractivity contribution in [2.75, 3.05) is 7.11 Å². The highest BCUT2D eigenvalue weighted by atomic mass is 19.3. The Labute approximate surface area is 156 Å². The van der Waals surface area contributed by atoms with E-state index in [0.29, 0.717) is 29.0 Å². The fourth-order valence-electron chi connectivity index (χ4n) is 2.84. The average Bonchev–Trinajstić information content (AvgIpc) is 3.03. The minimum atomic E-state index is -3.39. The summed E-state index contributed by atoms with van der Waals surface area (Å²) in [6.45, 7) is -3.41. The summed E-state index contributed by atoms with van der Waals surface area (Å²) in [5.41, 5.74) is 1.63. The molecule has 1 amide bonds. The molecule has 3 aromatic rings. The van der Waals surface area contributed by atoms with E-state index in [2.05, 4.69) is 15.0 Å². The maximum atomic E-state index is 13.8. The van der Waals surface area contributed by atoms with E-state index in [1.807, 2.05) is 0 Å². The number of imidazole rings is 1. The highest BCUT2D eigenvalue weighted by Crippen LogP contribution is 2.28. The Kier molecular flexibility index (Phi) is 5.39. The van der Waals surface area contributed by atoms with Crippen molar-refractivity contribution in [2.45, 2.75) is 13.2 Å². The molecule has 0 aliphatic heterocycles. The maximum Gasteiger partial charge on any atom is 0.387 e. The number of hydrogen-bond acceptors (Lipinski definition) is 4.